The molecule has 1 N–H and O–H groups in total. The minimum Gasteiger partial charge on any atom is -0.497 e. The number of nitrogens with one attached hydrogen (secondary N) is 1. The molecule has 0 bridgehead atoms. The number of aldehydes is 1. The molecule has 0 unspecified atom stereocenters. The number of methoxy groups -OCH3 is 1. The van der Waals surface area contributed by atoms with Gasteiger partial charge in [0.25, 0.3) is 0 Å². The number of halogens is 1. The molecule has 0 aliphatic carbocycles. The highest BCUT2D eigenvalue weighted by atomic mass is 19.1. The first-order chi connectivity index (χ1) is 11.4. The zero-order valence-electron chi connectivity index (χ0n) is 14.0. The van der Waals surface area contributed by atoms with Gasteiger partial charge in [0.05, 0.1) is 29.7 Å². The Morgan fingerprint density at radius 3 is 2.62 bits per heavy atom. The first-order valence-corrected chi connectivity index (χ1v) is 7.54. The van der Waals surface area contributed by atoms with E-state index in [1.807, 2.05) is 20.8 Å². The smallest absolute Gasteiger partial charge is 0.167 e. The van der Waals surface area contributed by atoms with Gasteiger partial charge in [-0.1, -0.05) is 0 Å². The van der Waals surface area contributed by atoms with Crippen LogP contribution in [0, 0.1) is 12.7 Å². The molecule has 6 heteroatoms. The second kappa shape index (κ2) is 5.79. The summed E-state index contributed by atoms with van der Waals surface area (Å²) in [7, 11) is 1.49. The average molecular weight is 330 g/mol. The molecule has 0 spiro atoms. The molecule has 1 aliphatic heterocycles. The van der Waals surface area contributed by atoms with Crippen LogP contribution in [0.4, 0.5) is 4.39 Å². The van der Waals surface area contributed by atoms with E-state index in [2.05, 4.69) is 5.48 Å². The van der Waals surface area contributed by atoms with Crippen LogP contribution in [-0.2, 0) is 4.84 Å². The number of nitrogens with zero attached hydrogens (tertiary/aromatic N) is 1. The number of benzene rings is 1. The third-order valence-electron chi connectivity index (χ3n) is 4.17. The number of hydrogen-bond donors (Lipinski definition) is 1. The van der Waals surface area contributed by atoms with Gasteiger partial charge in [-0.3, -0.25) is 4.79 Å². The molecule has 126 valence electrons. The maximum atomic E-state index is 14.6. The van der Waals surface area contributed by atoms with Crippen LogP contribution < -0.4 is 10.2 Å². The Morgan fingerprint density at radius 1 is 1.33 bits per heavy atom. The van der Waals surface area contributed by atoms with Crippen molar-refractivity contribution in [1.29, 1.82) is 0 Å². The summed E-state index contributed by atoms with van der Waals surface area (Å²) in [4.78, 5) is 16.9. The second-order valence-electron chi connectivity index (χ2n) is 6.24. The summed E-state index contributed by atoms with van der Waals surface area (Å²) in [6.45, 7) is 5.66. The molecule has 0 saturated heterocycles. The summed E-state index contributed by atoms with van der Waals surface area (Å²) in [5, 5.41) is 0. The lowest BCUT2D eigenvalue weighted by Crippen LogP contribution is -2.36. The minimum absolute atomic E-state index is 0.385. The van der Waals surface area contributed by atoms with Crippen molar-refractivity contribution in [2.75, 3.05) is 7.11 Å². The number of aryl methyl sites for hydroxylation is 1. The van der Waals surface area contributed by atoms with E-state index < -0.39 is 11.4 Å². The number of aromatic nitrogens is 1. The van der Waals surface area contributed by atoms with E-state index in [0.29, 0.717) is 22.7 Å². The van der Waals surface area contributed by atoms with Gasteiger partial charge < -0.3 is 14.1 Å². The van der Waals surface area contributed by atoms with Gasteiger partial charge in [-0.2, -0.15) is 0 Å². The van der Waals surface area contributed by atoms with Crippen molar-refractivity contribution < 1.29 is 18.8 Å². The van der Waals surface area contributed by atoms with Gasteiger partial charge in [0.2, 0.25) is 0 Å². The van der Waals surface area contributed by atoms with E-state index in [9.17, 15) is 9.18 Å². The van der Waals surface area contributed by atoms with E-state index in [1.165, 1.54) is 19.4 Å². The highest BCUT2D eigenvalue weighted by molar-refractivity contribution is 5.84. The van der Waals surface area contributed by atoms with Crippen molar-refractivity contribution in [2.24, 2.45) is 0 Å². The first-order valence-electron chi connectivity index (χ1n) is 7.54. The molecule has 0 amide bonds. The minimum atomic E-state index is -0.527. The Bertz CT molecular complexity index is 837. The number of rotatable bonds is 4. The van der Waals surface area contributed by atoms with Crippen molar-refractivity contribution in [1.82, 2.24) is 10.0 Å². The van der Waals surface area contributed by atoms with Crippen LogP contribution >= 0.6 is 0 Å². The highest BCUT2D eigenvalue weighted by Gasteiger charge is 2.34. The topological polar surface area (TPSA) is 52.5 Å². The standard InChI is InChI=1S/C18H19FN2O3/c1-11-7-15(13-6-5-12(23-4)8-14(13)19)21(16(11)9-22)17-10-24-20-18(17,2)3/h5-10,20H,1-4H3. The lowest BCUT2D eigenvalue weighted by Gasteiger charge is -2.23. The van der Waals surface area contributed by atoms with Crippen LogP contribution in [0.25, 0.3) is 17.0 Å². The maximum Gasteiger partial charge on any atom is 0.167 e. The summed E-state index contributed by atoms with van der Waals surface area (Å²) in [5.74, 6) is 0.0166. The molecule has 1 aliphatic rings. The molecule has 2 aromatic rings. The summed E-state index contributed by atoms with van der Waals surface area (Å²) in [5.41, 5.74) is 5.27. The van der Waals surface area contributed by atoms with Crippen molar-refractivity contribution in [3.8, 4) is 17.0 Å². The summed E-state index contributed by atoms with van der Waals surface area (Å²) < 4.78 is 21.4. The molecule has 0 saturated carbocycles. The van der Waals surface area contributed by atoms with Crippen LogP contribution in [-0.4, -0.2) is 23.5 Å². The predicted octanol–water partition coefficient (Wildman–Crippen LogP) is 3.54. The van der Waals surface area contributed by atoms with Crippen LogP contribution in [0.2, 0.25) is 0 Å². The van der Waals surface area contributed by atoms with Crippen molar-refractivity contribution in [3.63, 3.8) is 0 Å². The first kappa shape index (κ1) is 16.3. The molecular weight excluding hydrogens is 311 g/mol. The lowest BCUT2D eigenvalue weighted by atomic mass is 10.0. The van der Waals surface area contributed by atoms with Crippen LogP contribution in [0.1, 0.15) is 29.9 Å². The zero-order chi connectivity index (χ0) is 17.5. The fourth-order valence-electron chi connectivity index (χ4n) is 2.85. The Kier molecular flexibility index (Phi) is 3.93. The van der Waals surface area contributed by atoms with E-state index in [0.717, 1.165) is 17.5 Å². The summed E-state index contributed by atoms with van der Waals surface area (Å²) >= 11 is 0. The van der Waals surface area contributed by atoms with Gasteiger partial charge in [0.1, 0.15) is 17.8 Å². The lowest BCUT2D eigenvalue weighted by molar-refractivity contribution is 0.111. The summed E-state index contributed by atoms with van der Waals surface area (Å²) in [6.07, 6.45) is 2.31. The quantitative estimate of drug-likeness (QED) is 0.871. The monoisotopic (exact) mass is 330 g/mol. The van der Waals surface area contributed by atoms with Crippen molar-refractivity contribution in [2.45, 2.75) is 26.3 Å². The fourth-order valence-corrected chi connectivity index (χ4v) is 2.85. The Hall–Kier alpha value is -2.60. The molecule has 1 aromatic heterocycles. The van der Waals surface area contributed by atoms with E-state index >= 15 is 0 Å². The van der Waals surface area contributed by atoms with Crippen molar-refractivity contribution >= 4 is 12.0 Å². The molecule has 0 atom stereocenters. The Balaban J connectivity index is 2.25. The molecule has 3 rings (SSSR count). The number of hydroxylamine groups is 1. The van der Waals surface area contributed by atoms with Crippen molar-refractivity contribution in [3.05, 3.63) is 47.6 Å². The van der Waals surface area contributed by atoms with Crippen LogP contribution in [0.5, 0.6) is 5.75 Å². The van der Waals surface area contributed by atoms with E-state index in [1.54, 1.807) is 22.8 Å². The number of ether oxygens (including phenoxy) is 1. The van der Waals surface area contributed by atoms with Gasteiger partial charge in [-0.25, -0.2) is 4.39 Å². The molecule has 1 aromatic carbocycles. The van der Waals surface area contributed by atoms with E-state index in [-0.39, 0.29) is 0 Å². The second-order valence-corrected chi connectivity index (χ2v) is 6.24. The molecule has 24 heavy (non-hydrogen) atoms. The zero-order valence-corrected chi connectivity index (χ0v) is 14.0. The summed E-state index contributed by atoms with van der Waals surface area (Å²) in [6, 6.07) is 6.45. The third kappa shape index (κ3) is 2.49. The number of hydrogen-bond acceptors (Lipinski definition) is 4. The molecule has 5 nitrogen and oxygen atoms in total. The fraction of sp³-hybridized carbons (Fsp3) is 0.278. The average Bonchev–Trinajstić information content (AvgIpc) is 3.05. The molecule has 0 radical (unpaired) electrons. The van der Waals surface area contributed by atoms with Crippen LogP contribution in [0.15, 0.2) is 30.5 Å². The van der Waals surface area contributed by atoms with Gasteiger partial charge >= 0.3 is 0 Å². The molecule has 0 fully saturated rings. The Labute approximate surface area is 139 Å². The SMILES string of the molecule is COc1ccc(-c2cc(C)c(C=O)n2C2=CONC2(C)C)c(F)c1. The molecule has 2 heterocycles. The number of carbonyl (C=O) groups is 1. The largest absolute Gasteiger partial charge is 0.497 e. The third-order valence-corrected chi connectivity index (χ3v) is 4.17. The van der Waals surface area contributed by atoms with Gasteiger partial charge in [0, 0.05) is 11.6 Å². The highest BCUT2D eigenvalue weighted by Crippen LogP contribution is 2.36. The Morgan fingerprint density at radius 2 is 2.08 bits per heavy atom. The predicted molar refractivity (Wildman–Crippen MR) is 89.1 cm³/mol. The van der Waals surface area contributed by atoms with Gasteiger partial charge in [0.15, 0.2) is 6.29 Å². The molecular formula is C18H19FN2O3. The van der Waals surface area contributed by atoms with Crippen LogP contribution in [0.3, 0.4) is 0 Å². The number of carbonyl (C=O) groups excluding carboxylic acids is 1. The van der Waals surface area contributed by atoms with E-state index in [4.69, 9.17) is 9.57 Å². The van der Waals surface area contributed by atoms with Gasteiger partial charge in [-0.05, 0) is 44.5 Å². The maximum absolute atomic E-state index is 14.6. The van der Waals surface area contributed by atoms with Gasteiger partial charge in [-0.15, -0.1) is 5.48 Å². The normalized spacial score (nSPS) is 15.8.